The quantitative estimate of drug-likeness (QED) is 0.719. The van der Waals surface area contributed by atoms with Crippen LogP contribution in [0.3, 0.4) is 0 Å². The summed E-state index contributed by atoms with van der Waals surface area (Å²) >= 11 is 0. The van der Waals surface area contributed by atoms with E-state index in [9.17, 15) is 0 Å². The van der Waals surface area contributed by atoms with E-state index in [-0.39, 0.29) is 0 Å². The lowest BCUT2D eigenvalue weighted by atomic mass is 10.0. The van der Waals surface area contributed by atoms with Crippen LogP contribution in [-0.2, 0) is 0 Å². The number of nitrogens with zero attached hydrogens (tertiary/aromatic N) is 1. The fraction of sp³-hybridized carbons (Fsp3) is 0.167. The van der Waals surface area contributed by atoms with E-state index < -0.39 is 0 Å². The number of ether oxygens (including phenoxy) is 2. The second kappa shape index (κ2) is 5.44. The molecule has 0 atom stereocenters. The van der Waals surface area contributed by atoms with E-state index in [0.29, 0.717) is 5.75 Å². The second-order valence-electron chi connectivity index (χ2n) is 4.88. The van der Waals surface area contributed by atoms with E-state index in [4.69, 9.17) is 14.5 Å². The van der Waals surface area contributed by atoms with Gasteiger partial charge < -0.3 is 9.47 Å². The summed E-state index contributed by atoms with van der Waals surface area (Å²) in [5.41, 5.74) is 2.97. The molecule has 0 radical (unpaired) electrons. The van der Waals surface area contributed by atoms with Crippen molar-refractivity contribution in [1.82, 2.24) is 4.98 Å². The third-order valence-electron chi connectivity index (χ3n) is 3.51. The highest BCUT2D eigenvalue weighted by Gasteiger charge is 2.15. The third kappa shape index (κ3) is 2.31. The molecule has 0 saturated carbocycles. The summed E-state index contributed by atoms with van der Waals surface area (Å²) in [6, 6.07) is 16.2. The smallest absolute Gasteiger partial charge is 0.170 e. The predicted octanol–water partition coefficient (Wildman–Crippen LogP) is 4.23. The Morgan fingerprint density at radius 2 is 1.67 bits per heavy atom. The Kier molecular flexibility index (Phi) is 3.48. The molecule has 0 bridgehead atoms. The van der Waals surface area contributed by atoms with Gasteiger partial charge in [0, 0.05) is 11.3 Å². The number of benzene rings is 2. The molecule has 3 aromatic rings. The molecule has 106 valence electrons. The summed E-state index contributed by atoms with van der Waals surface area (Å²) < 4.78 is 11.0. The molecule has 0 amide bonds. The highest BCUT2D eigenvalue weighted by molar-refractivity contribution is 6.01. The molecule has 0 fully saturated rings. The van der Waals surface area contributed by atoms with Gasteiger partial charge in [-0.1, -0.05) is 36.4 Å². The highest BCUT2D eigenvalue weighted by Crippen LogP contribution is 2.40. The Bertz CT molecular complexity index is 782. The van der Waals surface area contributed by atoms with Gasteiger partial charge in [-0.2, -0.15) is 0 Å². The number of aromatic nitrogens is 1. The highest BCUT2D eigenvalue weighted by atomic mass is 16.5. The largest absolute Gasteiger partial charge is 0.493 e. The van der Waals surface area contributed by atoms with Crippen LogP contribution in [0.1, 0.15) is 5.69 Å². The molecular formula is C18H17NO2. The number of methoxy groups -OCH3 is 2. The molecule has 0 N–H and O–H groups in total. The zero-order chi connectivity index (χ0) is 14.8. The van der Waals surface area contributed by atoms with E-state index in [1.807, 2.05) is 37.3 Å². The van der Waals surface area contributed by atoms with Crippen molar-refractivity contribution in [3.63, 3.8) is 0 Å². The first-order valence-corrected chi connectivity index (χ1v) is 6.82. The molecule has 0 aliphatic rings. The third-order valence-corrected chi connectivity index (χ3v) is 3.51. The van der Waals surface area contributed by atoms with Crippen LogP contribution in [0, 0.1) is 6.92 Å². The van der Waals surface area contributed by atoms with Gasteiger partial charge in [-0.3, -0.25) is 4.98 Å². The van der Waals surface area contributed by atoms with Crippen molar-refractivity contribution in [2.24, 2.45) is 0 Å². The van der Waals surface area contributed by atoms with Crippen LogP contribution < -0.4 is 9.47 Å². The average Bonchev–Trinajstić information content (AvgIpc) is 2.53. The van der Waals surface area contributed by atoms with Gasteiger partial charge >= 0.3 is 0 Å². The molecule has 0 unspecified atom stereocenters. The standard InChI is InChI=1S/C18H17NO2/c1-12-11-14-9-10-15(20-2)18(21-3)16(14)17(19-12)13-7-5-4-6-8-13/h4-11H,1-3H3. The topological polar surface area (TPSA) is 31.4 Å². The second-order valence-corrected chi connectivity index (χ2v) is 4.88. The van der Waals surface area contributed by atoms with Crippen LogP contribution in [-0.4, -0.2) is 19.2 Å². The maximum Gasteiger partial charge on any atom is 0.170 e. The number of aryl methyl sites for hydroxylation is 1. The lowest BCUT2D eigenvalue weighted by Crippen LogP contribution is -1.96. The molecule has 1 aromatic heterocycles. The van der Waals surface area contributed by atoms with Crippen molar-refractivity contribution in [1.29, 1.82) is 0 Å². The van der Waals surface area contributed by atoms with Crippen molar-refractivity contribution >= 4 is 10.8 Å². The van der Waals surface area contributed by atoms with Crippen molar-refractivity contribution in [3.8, 4) is 22.8 Å². The Balaban J connectivity index is 2.42. The summed E-state index contributed by atoms with van der Waals surface area (Å²) in [6.07, 6.45) is 0. The monoisotopic (exact) mass is 279 g/mol. The number of fused-ring (bicyclic) bond motifs is 1. The van der Waals surface area contributed by atoms with Crippen molar-refractivity contribution in [2.75, 3.05) is 14.2 Å². The van der Waals surface area contributed by atoms with Crippen LogP contribution in [0.4, 0.5) is 0 Å². The lowest BCUT2D eigenvalue weighted by Gasteiger charge is -2.14. The summed E-state index contributed by atoms with van der Waals surface area (Å²) in [5, 5.41) is 2.08. The average molecular weight is 279 g/mol. The minimum absolute atomic E-state index is 0.716. The number of hydrogen-bond acceptors (Lipinski definition) is 3. The fourth-order valence-corrected chi connectivity index (χ4v) is 2.60. The van der Waals surface area contributed by atoms with Crippen LogP contribution in [0.25, 0.3) is 22.0 Å². The molecule has 0 spiro atoms. The first-order valence-electron chi connectivity index (χ1n) is 6.82. The molecule has 3 nitrogen and oxygen atoms in total. The molecule has 0 aliphatic heterocycles. The van der Waals surface area contributed by atoms with Gasteiger partial charge in [0.25, 0.3) is 0 Å². The lowest BCUT2D eigenvalue weighted by molar-refractivity contribution is 0.358. The zero-order valence-corrected chi connectivity index (χ0v) is 12.4. The Hall–Kier alpha value is -2.55. The summed E-state index contributed by atoms with van der Waals surface area (Å²) in [4.78, 5) is 4.72. The van der Waals surface area contributed by atoms with Gasteiger partial charge in [-0.25, -0.2) is 0 Å². The molecule has 21 heavy (non-hydrogen) atoms. The van der Waals surface area contributed by atoms with E-state index in [1.54, 1.807) is 14.2 Å². The van der Waals surface area contributed by atoms with E-state index in [2.05, 4.69) is 18.2 Å². The molecule has 0 aliphatic carbocycles. The minimum atomic E-state index is 0.716. The van der Waals surface area contributed by atoms with E-state index in [0.717, 1.165) is 33.5 Å². The predicted molar refractivity (Wildman–Crippen MR) is 85.0 cm³/mol. The van der Waals surface area contributed by atoms with E-state index >= 15 is 0 Å². The van der Waals surface area contributed by atoms with Crippen LogP contribution in [0.5, 0.6) is 11.5 Å². The number of rotatable bonds is 3. The van der Waals surface area contributed by atoms with Gasteiger partial charge in [0.15, 0.2) is 11.5 Å². The number of pyridine rings is 1. The summed E-state index contributed by atoms with van der Waals surface area (Å²) in [6.45, 7) is 2.00. The Morgan fingerprint density at radius 1 is 0.905 bits per heavy atom. The van der Waals surface area contributed by atoms with Crippen molar-refractivity contribution in [3.05, 3.63) is 54.2 Å². The maximum absolute atomic E-state index is 5.59. The van der Waals surface area contributed by atoms with Crippen LogP contribution in [0.15, 0.2) is 48.5 Å². The van der Waals surface area contributed by atoms with Crippen molar-refractivity contribution < 1.29 is 9.47 Å². The normalized spacial score (nSPS) is 10.6. The SMILES string of the molecule is COc1ccc2cc(C)nc(-c3ccccc3)c2c1OC. The fourth-order valence-electron chi connectivity index (χ4n) is 2.60. The summed E-state index contributed by atoms with van der Waals surface area (Å²) in [7, 11) is 3.30. The van der Waals surface area contributed by atoms with Crippen LogP contribution in [0.2, 0.25) is 0 Å². The zero-order valence-electron chi connectivity index (χ0n) is 12.4. The van der Waals surface area contributed by atoms with Crippen LogP contribution >= 0.6 is 0 Å². The van der Waals surface area contributed by atoms with Gasteiger partial charge in [0.1, 0.15) is 0 Å². The Labute approximate surface area is 124 Å². The van der Waals surface area contributed by atoms with Crippen molar-refractivity contribution in [2.45, 2.75) is 6.92 Å². The first kappa shape index (κ1) is 13.4. The molecule has 3 rings (SSSR count). The van der Waals surface area contributed by atoms with Gasteiger partial charge in [-0.15, -0.1) is 0 Å². The number of hydrogen-bond donors (Lipinski definition) is 0. The summed E-state index contributed by atoms with van der Waals surface area (Å²) in [5.74, 6) is 1.44. The Morgan fingerprint density at radius 3 is 2.33 bits per heavy atom. The molecular weight excluding hydrogens is 262 g/mol. The molecule has 3 heteroatoms. The van der Waals surface area contributed by atoms with E-state index in [1.165, 1.54) is 0 Å². The minimum Gasteiger partial charge on any atom is -0.493 e. The maximum atomic E-state index is 5.59. The molecule has 1 heterocycles. The first-order chi connectivity index (χ1) is 10.2. The van der Waals surface area contributed by atoms with Gasteiger partial charge in [0.2, 0.25) is 0 Å². The van der Waals surface area contributed by atoms with Gasteiger partial charge in [-0.05, 0) is 24.4 Å². The molecule has 0 saturated heterocycles. The molecule has 2 aromatic carbocycles. The van der Waals surface area contributed by atoms with Gasteiger partial charge in [0.05, 0.1) is 25.3 Å².